The number of anilines is 1. The lowest BCUT2D eigenvalue weighted by Gasteiger charge is -2.10. The monoisotopic (exact) mass is 510 g/mol. The molecule has 0 atom stereocenters. The minimum absolute atomic E-state index is 0.0544. The number of hydrazone groups is 1. The molecule has 3 aromatic carbocycles. The molecule has 0 saturated heterocycles. The molecule has 0 aliphatic rings. The van der Waals surface area contributed by atoms with Crippen molar-refractivity contribution >= 4 is 40.1 Å². The molecular formula is C29H26N4O5. The molecule has 4 aromatic rings. The summed E-state index contributed by atoms with van der Waals surface area (Å²) in [5, 5.41) is 26.0. The number of aromatic hydroxyl groups is 1. The number of carbonyl (C=O) groups is 3. The van der Waals surface area contributed by atoms with Crippen molar-refractivity contribution in [2.75, 3.05) is 5.32 Å². The normalized spacial score (nSPS) is 11.2. The van der Waals surface area contributed by atoms with E-state index in [1.54, 1.807) is 61.5 Å². The van der Waals surface area contributed by atoms with Gasteiger partial charge in [0.25, 0.3) is 5.91 Å². The van der Waals surface area contributed by atoms with Crippen LogP contribution in [0.3, 0.4) is 0 Å². The lowest BCUT2D eigenvalue weighted by Crippen LogP contribution is -2.20. The largest absolute Gasteiger partial charge is 0.508 e. The number of benzene rings is 3. The highest BCUT2D eigenvalue weighted by Gasteiger charge is 2.14. The minimum atomic E-state index is -0.932. The summed E-state index contributed by atoms with van der Waals surface area (Å²) < 4.78 is 0. The van der Waals surface area contributed by atoms with Gasteiger partial charge in [-0.3, -0.25) is 14.4 Å². The zero-order chi connectivity index (χ0) is 27.1. The fourth-order valence-corrected chi connectivity index (χ4v) is 3.82. The summed E-state index contributed by atoms with van der Waals surface area (Å²) in [6.45, 7) is 1.76. The van der Waals surface area contributed by atoms with E-state index in [1.807, 2.05) is 24.3 Å². The molecule has 0 spiro atoms. The fraction of sp³-hybridized carbons (Fsp3) is 0.138. The van der Waals surface area contributed by atoms with E-state index in [2.05, 4.69) is 20.8 Å². The van der Waals surface area contributed by atoms with Crippen LogP contribution >= 0.6 is 0 Å². The highest BCUT2D eigenvalue weighted by molar-refractivity contribution is 6.08. The van der Waals surface area contributed by atoms with Gasteiger partial charge in [0.15, 0.2) is 0 Å². The van der Waals surface area contributed by atoms with Gasteiger partial charge >= 0.3 is 5.97 Å². The van der Waals surface area contributed by atoms with Gasteiger partial charge in [-0.25, -0.2) is 10.4 Å². The number of nitrogens with one attached hydrogen (secondary N) is 2. The zero-order valence-corrected chi connectivity index (χ0v) is 20.6. The number of amides is 2. The van der Waals surface area contributed by atoms with Gasteiger partial charge in [0.1, 0.15) is 5.75 Å². The molecule has 4 N–H and O–H groups in total. The smallest absolute Gasteiger partial charge is 0.303 e. The molecule has 2 amide bonds. The van der Waals surface area contributed by atoms with E-state index in [4.69, 9.17) is 5.11 Å². The van der Waals surface area contributed by atoms with Gasteiger partial charge in [-0.1, -0.05) is 30.3 Å². The number of carboxylic acids is 1. The van der Waals surface area contributed by atoms with Crippen molar-refractivity contribution in [2.45, 2.75) is 26.2 Å². The van der Waals surface area contributed by atoms with Crippen LogP contribution in [0.1, 0.15) is 42.1 Å². The average Bonchev–Trinajstić information content (AvgIpc) is 2.91. The molecule has 0 unspecified atom stereocenters. The number of aromatic nitrogens is 1. The molecule has 4 rings (SSSR count). The Kier molecular flexibility index (Phi) is 8.07. The molecule has 0 aliphatic carbocycles. The van der Waals surface area contributed by atoms with Gasteiger partial charge in [0, 0.05) is 29.5 Å². The van der Waals surface area contributed by atoms with Crippen LogP contribution < -0.4 is 10.7 Å². The van der Waals surface area contributed by atoms with Crippen molar-refractivity contribution in [2.24, 2.45) is 5.10 Å². The number of hydrogen-bond donors (Lipinski definition) is 4. The molecular weight excluding hydrogens is 484 g/mol. The van der Waals surface area contributed by atoms with E-state index < -0.39 is 11.9 Å². The number of nitrogens with zero attached hydrogens (tertiary/aromatic N) is 2. The molecule has 0 saturated carbocycles. The number of carboxylic acid groups (broad SMARTS) is 1. The molecule has 1 aromatic heterocycles. The Morgan fingerprint density at radius 3 is 2.34 bits per heavy atom. The molecule has 9 nitrogen and oxygen atoms in total. The highest BCUT2D eigenvalue weighted by atomic mass is 16.4. The number of phenols is 1. The first-order chi connectivity index (χ1) is 18.3. The van der Waals surface area contributed by atoms with Crippen LogP contribution in [0.15, 0.2) is 84.0 Å². The van der Waals surface area contributed by atoms with Gasteiger partial charge < -0.3 is 15.5 Å². The molecule has 1 heterocycles. The average molecular weight is 511 g/mol. The van der Waals surface area contributed by atoms with Gasteiger partial charge in [0.05, 0.1) is 22.5 Å². The SMILES string of the molecule is CC(=NNC(=O)c1cc(-c2ccc(O)cc2)nc2ccccc12)c1ccc(NC(=O)CCCC(=O)O)cc1. The van der Waals surface area contributed by atoms with Crippen LogP contribution in [-0.2, 0) is 9.59 Å². The Labute approximate surface area is 218 Å². The summed E-state index contributed by atoms with van der Waals surface area (Å²) in [6, 6.07) is 22.6. The van der Waals surface area contributed by atoms with E-state index in [9.17, 15) is 19.5 Å². The van der Waals surface area contributed by atoms with Gasteiger partial charge in [0.2, 0.25) is 5.91 Å². The Morgan fingerprint density at radius 1 is 0.921 bits per heavy atom. The number of phenolic OH excluding ortho intramolecular Hbond substituents is 1. The van der Waals surface area contributed by atoms with Crippen LogP contribution in [0.5, 0.6) is 5.75 Å². The maximum Gasteiger partial charge on any atom is 0.303 e. The number of rotatable bonds is 9. The van der Waals surface area contributed by atoms with Crippen LogP contribution in [-0.4, -0.2) is 38.7 Å². The molecule has 0 fully saturated rings. The van der Waals surface area contributed by atoms with Crippen LogP contribution in [0, 0.1) is 0 Å². The number of fused-ring (bicyclic) bond motifs is 1. The van der Waals surface area contributed by atoms with Crippen molar-refractivity contribution in [3.05, 3.63) is 90.0 Å². The van der Waals surface area contributed by atoms with Gasteiger partial charge in [-0.15, -0.1) is 0 Å². The van der Waals surface area contributed by atoms with E-state index >= 15 is 0 Å². The number of pyridine rings is 1. The lowest BCUT2D eigenvalue weighted by molar-refractivity contribution is -0.137. The van der Waals surface area contributed by atoms with Crippen LogP contribution in [0.25, 0.3) is 22.2 Å². The summed E-state index contributed by atoms with van der Waals surface area (Å²) in [4.78, 5) is 40.4. The minimum Gasteiger partial charge on any atom is -0.508 e. The van der Waals surface area contributed by atoms with Crippen molar-refractivity contribution in [3.8, 4) is 17.0 Å². The first-order valence-corrected chi connectivity index (χ1v) is 12.0. The second kappa shape index (κ2) is 11.8. The zero-order valence-electron chi connectivity index (χ0n) is 20.6. The predicted molar refractivity (Wildman–Crippen MR) is 145 cm³/mol. The highest BCUT2D eigenvalue weighted by Crippen LogP contribution is 2.26. The molecule has 0 aliphatic heterocycles. The van der Waals surface area contributed by atoms with Crippen LogP contribution in [0.4, 0.5) is 5.69 Å². The van der Waals surface area contributed by atoms with Crippen LogP contribution in [0.2, 0.25) is 0 Å². The summed E-state index contributed by atoms with van der Waals surface area (Å²) in [5.74, 6) is -1.44. The number of para-hydroxylation sites is 1. The van der Waals surface area contributed by atoms with E-state index in [0.29, 0.717) is 33.6 Å². The van der Waals surface area contributed by atoms with Gasteiger partial charge in [-0.05, 0) is 67.4 Å². The molecule has 0 bridgehead atoms. The summed E-state index contributed by atoms with van der Waals surface area (Å²) in [7, 11) is 0. The maximum atomic E-state index is 13.2. The summed E-state index contributed by atoms with van der Waals surface area (Å²) in [6.07, 6.45) is 0.341. The fourth-order valence-electron chi connectivity index (χ4n) is 3.82. The summed E-state index contributed by atoms with van der Waals surface area (Å²) in [5.41, 5.74) is 6.94. The third kappa shape index (κ3) is 6.58. The quantitative estimate of drug-likeness (QED) is 0.185. The third-order valence-corrected chi connectivity index (χ3v) is 5.83. The van der Waals surface area contributed by atoms with E-state index in [0.717, 1.165) is 11.1 Å². The second-order valence-corrected chi connectivity index (χ2v) is 8.63. The predicted octanol–water partition coefficient (Wildman–Crippen LogP) is 4.95. The Hall–Kier alpha value is -5.05. The summed E-state index contributed by atoms with van der Waals surface area (Å²) >= 11 is 0. The molecule has 38 heavy (non-hydrogen) atoms. The van der Waals surface area contributed by atoms with Crippen molar-refractivity contribution in [1.29, 1.82) is 0 Å². The molecule has 192 valence electrons. The Bertz CT molecular complexity index is 1510. The Morgan fingerprint density at radius 2 is 1.63 bits per heavy atom. The molecule has 9 heteroatoms. The number of aliphatic carboxylic acids is 1. The first kappa shape index (κ1) is 26.0. The maximum absolute atomic E-state index is 13.2. The van der Waals surface area contributed by atoms with Crippen molar-refractivity contribution in [1.82, 2.24) is 10.4 Å². The van der Waals surface area contributed by atoms with Crippen molar-refractivity contribution in [3.63, 3.8) is 0 Å². The van der Waals surface area contributed by atoms with E-state index in [-0.39, 0.29) is 30.9 Å². The second-order valence-electron chi connectivity index (χ2n) is 8.63. The first-order valence-electron chi connectivity index (χ1n) is 12.0. The molecule has 0 radical (unpaired) electrons. The third-order valence-electron chi connectivity index (χ3n) is 5.83. The van der Waals surface area contributed by atoms with E-state index in [1.165, 1.54) is 0 Å². The van der Waals surface area contributed by atoms with Gasteiger partial charge in [-0.2, -0.15) is 5.10 Å². The lowest BCUT2D eigenvalue weighted by atomic mass is 10.0. The number of hydrogen-bond acceptors (Lipinski definition) is 6. The van der Waals surface area contributed by atoms with Crippen molar-refractivity contribution < 1.29 is 24.6 Å². The number of carbonyl (C=O) groups excluding carboxylic acids is 2. The standard InChI is InChI=1S/C29H26N4O5/c1-18(19-9-13-21(14-10-19)30-27(35)7-4-8-28(36)37)32-33-29(38)24-17-26(20-11-15-22(34)16-12-20)31-25-6-3-2-5-23(24)25/h2-3,5-6,9-17,34H,4,7-8H2,1H3,(H,30,35)(H,33,38)(H,36,37). The topological polar surface area (TPSA) is 141 Å². The Balaban J connectivity index is 1.47.